The number of anilines is 3. The van der Waals surface area contributed by atoms with E-state index in [4.69, 9.17) is 37.7 Å². The van der Waals surface area contributed by atoms with Crippen molar-refractivity contribution in [3.63, 3.8) is 0 Å². The molecule has 1 aliphatic carbocycles. The number of nitrogens with one attached hydrogen (secondary N) is 3. The molecule has 246 valence electrons. The maximum atomic E-state index is 14.4. The first-order valence-electron chi connectivity index (χ1n) is 16.7. The molecule has 2 spiro atoms. The van der Waals surface area contributed by atoms with Crippen molar-refractivity contribution in [1.82, 2.24) is 0 Å². The summed E-state index contributed by atoms with van der Waals surface area (Å²) in [6.45, 7) is 8.27. The number of allylic oxidation sites excluding steroid dienone is 2. The Balaban J connectivity index is 1.27. The smallest absolute Gasteiger partial charge is 0.201 e. The third-order valence-corrected chi connectivity index (χ3v) is 11.2. The predicted octanol–water partition coefficient (Wildman–Crippen LogP) is 7.45. The van der Waals surface area contributed by atoms with Gasteiger partial charge in [0.25, 0.3) is 0 Å². The number of rotatable bonds is 1. The van der Waals surface area contributed by atoms with Crippen molar-refractivity contribution in [2.75, 3.05) is 16.0 Å². The van der Waals surface area contributed by atoms with Gasteiger partial charge in [-0.25, -0.2) is 0 Å². The van der Waals surface area contributed by atoms with Gasteiger partial charge in [-0.15, -0.1) is 0 Å². The normalized spacial score (nSPS) is 31.8. The largest absolute Gasteiger partial charge is 0.506 e. The van der Waals surface area contributed by atoms with Gasteiger partial charge >= 0.3 is 0 Å². The molecule has 4 N–H and O–H groups in total. The average Bonchev–Trinajstić information content (AvgIpc) is 3.01. The van der Waals surface area contributed by atoms with E-state index in [2.05, 4.69) is 43.6 Å². The number of aliphatic hydroxyl groups is 1. The van der Waals surface area contributed by atoms with Crippen LogP contribution in [0.15, 0.2) is 59.3 Å². The number of aliphatic hydroxyl groups excluding tert-OH is 1. The van der Waals surface area contributed by atoms with E-state index in [0.717, 1.165) is 51.4 Å². The van der Waals surface area contributed by atoms with E-state index in [0.29, 0.717) is 39.0 Å². The van der Waals surface area contributed by atoms with Crippen molar-refractivity contribution < 1.29 is 19.4 Å². The van der Waals surface area contributed by atoms with Gasteiger partial charge in [0.15, 0.2) is 0 Å². The predicted molar refractivity (Wildman–Crippen MR) is 191 cm³/mol. The molecule has 4 aromatic carbocycles. The minimum Gasteiger partial charge on any atom is -0.506 e. The number of hydrogen-bond donors (Lipinski definition) is 4. The van der Waals surface area contributed by atoms with Gasteiger partial charge in [0.05, 0.1) is 46.6 Å². The molecular formula is C38H36Cl2N4O4. The van der Waals surface area contributed by atoms with Gasteiger partial charge in [0, 0.05) is 79.4 Å². The molecule has 2 fully saturated rings. The minimum absolute atomic E-state index is 0.00495. The SMILES string of the molecule is CC1CC2(CC(C)O1)N=c1c(=C3C(=O)C(c4ccc5c(Cl)ccc6c5c4NC4(CC(C)OC(C)C4)N6)=C3O)ccc3c(Cl)ccc(c13)N2. The summed E-state index contributed by atoms with van der Waals surface area (Å²) in [5.41, 5.74) is 2.70. The number of ketones is 1. The van der Waals surface area contributed by atoms with Crippen molar-refractivity contribution in [1.29, 1.82) is 0 Å². The van der Waals surface area contributed by atoms with E-state index in [1.807, 2.05) is 48.5 Å². The van der Waals surface area contributed by atoms with E-state index in [9.17, 15) is 9.90 Å². The van der Waals surface area contributed by atoms with E-state index < -0.39 is 11.3 Å². The van der Waals surface area contributed by atoms with E-state index >= 15 is 0 Å². The molecule has 4 unspecified atom stereocenters. The topological polar surface area (TPSA) is 104 Å². The molecule has 0 aromatic heterocycles. The zero-order chi connectivity index (χ0) is 33.3. The third-order valence-electron chi connectivity index (χ3n) is 10.6. The molecular weight excluding hydrogens is 647 g/mol. The van der Waals surface area contributed by atoms with Gasteiger partial charge in [-0.2, -0.15) is 0 Å². The minimum atomic E-state index is -0.613. The van der Waals surface area contributed by atoms with Crippen LogP contribution >= 0.6 is 23.2 Å². The second kappa shape index (κ2) is 10.3. The van der Waals surface area contributed by atoms with Crippen LogP contribution in [0.2, 0.25) is 10.0 Å². The molecule has 0 amide bonds. The number of benzene rings is 4. The van der Waals surface area contributed by atoms with Crippen LogP contribution in [0.4, 0.5) is 17.1 Å². The second-order valence-corrected chi connectivity index (χ2v) is 15.2. The number of ether oxygens (including phenoxy) is 2. The Labute approximate surface area is 287 Å². The zero-order valence-corrected chi connectivity index (χ0v) is 28.6. The fourth-order valence-electron chi connectivity index (χ4n) is 9.07. The number of halogens is 2. The van der Waals surface area contributed by atoms with Gasteiger partial charge in [-0.05, 0) is 52.0 Å². The van der Waals surface area contributed by atoms with Crippen LogP contribution in [0.3, 0.4) is 0 Å². The lowest BCUT2D eigenvalue weighted by molar-refractivity contribution is -0.110. The van der Waals surface area contributed by atoms with Gasteiger partial charge in [0.2, 0.25) is 5.78 Å². The highest BCUT2D eigenvalue weighted by Crippen LogP contribution is 2.50. The average molecular weight is 684 g/mol. The van der Waals surface area contributed by atoms with Crippen LogP contribution in [0, 0.1) is 0 Å². The molecule has 9 rings (SSSR count). The Bertz CT molecular complexity index is 2260. The van der Waals surface area contributed by atoms with Crippen molar-refractivity contribution >= 4 is 78.7 Å². The molecule has 0 bridgehead atoms. The fraction of sp³-hybridized carbons (Fsp3) is 0.368. The standard InChI is InChI=1S/C38H36Cl2N4O4/c1-17-13-37(14-18(2)47-17)41-27-11-9-25(39)21-5-7-23(33(43-37)29(21)27)31-35(45)32(36(31)46)24-8-6-22-26(40)10-12-28-30(22)34(24)44-38(42-28)15-19(3)48-20(4)16-38/h5-12,17-20,41-43,45H,13-16H2,1-4H3. The Kier molecular flexibility index (Phi) is 6.52. The molecule has 48 heavy (non-hydrogen) atoms. The maximum Gasteiger partial charge on any atom is 0.201 e. The third kappa shape index (κ3) is 4.35. The molecule has 4 aromatic rings. The lowest BCUT2D eigenvalue weighted by Gasteiger charge is -2.48. The Morgan fingerprint density at radius 1 is 0.729 bits per heavy atom. The van der Waals surface area contributed by atoms with E-state index in [-0.39, 0.29) is 47.1 Å². The summed E-state index contributed by atoms with van der Waals surface area (Å²) in [6, 6.07) is 15.3. The first kappa shape index (κ1) is 30.3. The summed E-state index contributed by atoms with van der Waals surface area (Å²) >= 11 is 13.4. The summed E-state index contributed by atoms with van der Waals surface area (Å²) in [5, 5.41) is 29.1. The summed E-state index contributed by atoms with van der Waals surface area (Å²) in [6.07, 6.45) is 2.81. The van der Waals surface area contributed by atoms with E-state index in [1.165, 1.54) is 0 Å². The fourth-order valence-corrected chi connectivity index (χ4v) is 9.51. The van der Waals surface area contributed by atoms with Crippen LogP contribution in [-0.2, 0) is 14.3 Å². The first-order chi connectivity index (χ1) is 22.9. The van der Waals surface area contributed by atoms with Gasteiger partial charge in [-0.1, -0.05) is 47.5 Å². The quantitative estimate of drug-likeness (QED) is 0.165. The number of hydrogen-bond acceptors (Lipinski definition) is 8. The van der Waals surface area contributed by atoms with Crippen molar-refractivity contribution in [2.24, 2.45) is 4.99 Å². The summed E-state index contributed by atoms with van der Waals surface area (Å²) in [5.74, 6) is -0.275. The van der Waals surface area contributed by atoms with Crippen LogP contribution in [-0.4, -0.2) is 46.6 Å². The highest BCUT2D eigenvalue weighted by Gasteiger charge is 2.45. The van der Waals surface area contributed by atoms with Gasteiger partial charge < -0.3 is 30.5 Å². The molecule has 0 saturated carbocycles. The monoisotopic (exact) mass is 682 g/mol. The molecule has 5 aliphatic rings. The Hall–Kier alpha value is -3.82. The number of nitrogens with zero attached hydrogens (tertiary/aromatic N) is 1. The maximum absolute atomic E-state index is 14.4. The molecule has 2 saturated heterocycles. The second-order valence-electron chi connectivity index (χ2n) is 14.3. The summed E-state index contributed by atoms with van der Waals surface area (Å²) in [7, 11) is 0. The molecule has 4 atom stereocenters. The number of carbonyl (C=O) groups is 1. The highest BCUT2D eigenvalue weighted by molar-refractivity contribution is 6.52. The highest BCUT2D eigenvalue weighted by atomic mass is 35.5. The summed E-state index contributed by atoms with van der Waals surface area (Å²) < 4.78 is 12.2. The first-order valence-corrected chi connectivity index (χ1v) is 17.5. The van der Waals surface area contributed by atoms with Crippen molar-refractivity contribution in [2.45, 2.75) is 89.1 Å². The van der Waals surface area contributed by atoms with Crippen molar-refractivity contribution in [3.05, 3.63) is 80.5 Å². The van der Waals surface area contributed by atoms with Crippen molar-refractivity contribution in [3.8, 4) is 0 Å². The van der Waals surface area contributed by atoms with E-state index in [1.54, 1.807) is 0 Å². The lowest BCUT2D eigenvalue weighted by atomic mass is 9.79. The number of carbonyl (C=O) groups excluding carboxylic acids is 1. The molecule has 8 nitrogen and oxygen atoms in total. The molecule has 10 heteroatoms. The zero-order valence-electron chi connectivity index (χ0n) is 27.1. The van der Waals surface area contributed by atoms with Gasteiger partial charge in [0.1, 0.15) is 17.1 Å². The molecule has 4 aliphatic heterocycles. The lowest BCUT2D eigenvalue weighted by Crippen LogP contribution is -2.55. The Morgan fingerprint density at radius 3 is 1.96 bits per heavy atom. The molecule has 4 heterocycles. The van der Waals surface area contributed by atoms with Crippen LogP contribution < -0.4 is 26.5 Å². The number of Topliss-reactive ketones (excluding diaryl/α,β-unsaturated/α-hetero) is 1. The van der Waals surface area contributed by atoms with Crippen LogP contribution in [0.25, 0.3) is 32.7 Å². The van der Waals surface area contributed by atoms with Gasteiger partial charge in [-0.3, -0.25) is 9.79 Å². The van der Waals surface area contributed by atoms with Crippen LogP contribution in [0.5, 0.6) is 0 Å². The summed E-state index contributed by atoms with van der Waals surface area (Å²) in [4.78, 5) is 19.8. The molecule has 0 radical (unpaired) electrons. The van der Waals surface area contributed by atoms with Crippen LogP contribution in [0.1, 0.15) is 58.9 Å². The Morgan fingerprint density at radius 2 is 1.31 bits per heavy atom.